The number of hydrogen-bond acceptors (Lipinski definition) is 6. The Bertz CT molecular complexity index is 578. The maximum Gasteiger partial charge on any atom is 0.336 e. The van der Waals surface area contributed by atoms with E-state index in [0.717, 1.165) is 0 Å². The number of esters is 1. The van der Waals surface area contributed by atoms with E-state index in [0.29, 0.717) is 5.56 Å². The van der Waals surface area contributed by atoms with Crippen molar-refractivity contribution < 1.29 is 29.3 Å². The van der Waals surface area contributed by atoms with Gasteiger partial charge in [-0.25, -0.2) is 4.79 Å². The molecule has 2 rings (SSSR count). The predicted octanol–water partition coefficient (Wildman–Crippen LogP) is 1.61. The van der Waals surface area contributed by atoms with E-state index in [-0.39, 0.29) is 34.8 Å². The van der Waals surface area contributed by atoms with Crippen molar-refractivity contribution >= 4 is 11.8 Å². The Morgan fingerprint density at radius 1 is 1.40 bits per heavy atom. The topological polar surface area (TPSA) is 93.1 Å². The summed E-state index contributed by atoms with van der Waals surface area (Å²) in [5, 5.41) is 20.2. The lowest BCUT2D eigenvalue weighted by molar-refractivity contribution is -0.148. The Hall–Kier alpha value is -2.08. The second kappa shape index (κ2) is 5.13. The molecule has 0 radical (unpaired) electrons. The molecule has 1 aromatic rings. The first-order valence-corrected chi connectivity index (χ1v) is 6.16. The average Bonchev–Trinajstić information content (AvgIpc) is 2.74. The zero-order valence-corrected chi connectivity index (χ0v) is 11.5. The Morgan fingerprint density at radius 2 is 2.05 bits per heavy atom. The lowest BCUT2D eigenvalue weighted by Crippen LogP contribution is -2.15. The second-order valence-corrected chi connectivity index (χ2v) is 4.79. The molecular weight excluding hydrogens is 264 g/mol. The van der Waals surface area contributed by atoms with Gasteiger partial charge in [-0.1, -0.05) is 0 Å². The van der Waals surface area contributed by atoms with Crippen LogP contribution in [0, 0.1) is 6.92 Å². The van der Waals surface area contributed by atoms with Crippen LogP contribution in [-0.2, 0) is 14.3 Å². The van der Waals surface area contributed by atoms with E-state index in [1.807, 2.05) is 0 Å². The number of methoxy groups -OCH3 is 1. The van der Waals surface area contributed by atoms with Crippen LogP contribution in [0.2, 0.25) is 0 Å². The summed E-state index contributed by atoms with van der Waals surface area (Å²) < 4.78 is 10.1. The SMILES string of the molecule is CO[C@H]1C[C@H](c2c(O)c(C)cc(C(C)=O)c2O)OC1=O. The number of carbonyl (C=O) groups is 2. The highest BCUT2D eigenvalue weighted by atomic mass is 16.6. The fourth-order valence-corrected chi connectivity index (χ4v) is 2.32. The van der Waals surface area contributed by atoms with Crippen LogP contribution >= 0.6 is 0 Å². The number of hydrogen-bond donors (Lipinski definition) is 2. The van der Waals surface area contributed by atoms with E-state index in [1.165, 1.54) is 20.1 Å². The Kier molecular flexibility index (Phi) is 3.67. The third-order valence-corrected chi connectivity index (χ3v) is 3.43. The van der Waals surface area contributed by atoms with E-state index in [9.17, 15) is 19.8 Å². The average molecular weight is 280 g/mol. The van der Waals surface area contributed by atoms with Crippen LogP contribution in [0.1, 0.15) is 40.9 Å². The molecule has 6 nitrogen and oxygen atoms in total. The number of phenols is 2. The number of benzene rings is 1. The molecule has 0 spiro atoms. The summed E-state index contributed by atoms with van der Waals surface area (Å²) in [7, 11) is 1.38. The highest BCUT2D eigenvalue weighted by Gasteiger charge is 2.39. The van der Waals surface area contributed by atoms with Crippen molar-refractivity contribution in [3.63, 3.8) is 0 Å². The predicted molar refractivity (Wildman–Crippen MR) is 68.8 cm³/mol. The zero-order chi connectivity index (χ0) is 15.0. The Morgan fingerprint density at radius 3 is 2.55 bits per heavy atom. The third-order valence-electron chi connectivity index (χ3n) is 3.43. The minimum atomic E-state index is -0.828. The number of rotatable bonds is 3. The number of phenolic OH excluding ortho intramolecular Hbond substituents is 2. The van der Waals surface area contributed by atoms with E-state index >= 15 is 0 Å². The molecule has 1 saturated heterocycles. The smallest absolute Gasteiger partial charge is 0.336 e. The number of aryl methyl sites for hydroxylation is 1. The summed E-state index contributed by atoms with van der Waals surface area (Å²) in [5.41, 5.74) is 0.579. The van der Waals surface area contributed by atoms with Crippen molar-refractivity contribution in [2.24, 2.45) is 0 Å². The molecule has 0 aliphatic carbocycles. The van der Waals surface area contributed by atoms with Gasteiger partial charge in [-0.15, -0.1) is 0 Å². The molecule has 0 bridgehead atoms. The summed E-state index contributed by atoms with van der Waals surface area (Å²) >= 11 is 0. The summed E-state index contributed by atoms with van der Waals surface area (Å²) in [5.74, 6) is -1.42. The van der Waals surface area contributed by atoms with Crippen LogP contribution in [0.3, 0.4) is 0 Å². The maximum absolute atomic E-state index is 11.5. The molecule has 6 heteroatoms. The highest BCUT2D eigenvalue weighted by molar-refractivity contribution is 5.98. The van der Waals surface area contributed by atoms with Gasteiger partial charge in [0.1, 0.15) is 17.6 Å². The molecule has 20 heavy (non-hydrogen) atoms. The standard InChI is InChI=1S/C14H16O6/c1-6-4-8(7(2)15)13(17)11(12(6)16)9-5-10(19-3)14(18)20-9/h4,9-10,16-17H,5H2,1-3H3/t9-,10+/m1/s1. The molecule has 0 saturated carbocycles. The number of ketones is 1. The first-order chi connectivity index (χ1) is 9.36. The second-order valence-electron chi connectivity index (χ2n) is 4.79. The third kappa shape index (κ3) is 2.22. The molecule has 0 aromatic heterocycles. The van der Waals surface area contributed by atoms with Crippen LogP contribution in [-0.4, -0.2) is 35.2 Å². The van der Waals surface area contributed by atoms with Crippen LogP contribution in [0.4, 0.5) is 0 Å². The van der Waals surface area contributed by atoms with Gasteiger partial charge in [-0.05, 0) is 25.5 Å². The van der Waals surface area contributed by atoms with E-state index in [1.54, 1.807) is 6.92 Å². The Labute approximate surface area is 115 Å². The van der Waals surface area contributed by atoms with Gasteiger partial charge >= 0.3 is 5.97 Å². The number of cyclic esters (lactones) is 1. The van der Waals surface area contributed by atoms with Crippen molar-refractivity contribution in [3.8, 4) is 11.5 Å². The molecule has 2 N–H and O–H groups in total. The van der Waals surface area contributed by atoms with Crippen molar-refractivity contribution in [2.75, 3.05) is 7.11 Å². The summed E-state index contributed by atoms with van der Waals surface area (Å²) in [6.07, 6.45) is -1.39. The molecule has 1 aliphatic heterocycles. The monoisotopic (exact) mass is 280 g/mol. The zero-order valence-electron chi connectivity index (χ0n) is 11.5. The van der Waals surface area contributed by atoms with Crippen molar-refractivity contribution in [3.05, 3.63) is 22.8 Å². The summed E-state index contributed by atoms with van der Waals surface area (Å²) in [6.45, 7) is 2.92. The fourth-order valence-electron chi connectivity index (χ4n) is 2.32. The summed E-state index contributed by atoms with van der Waals surface area (Å²) in [6, 6.07) is 1.40. The van der Waals surface area contributed by atoms with Gasteiger partial charge in [0, 0.05) is 13.5 Å². The van der Waals surface area contributed by atoms with Crippen molar-refractivity contribution in [1.29, 1.82) is 0 Å². The first-order valence-electron chi connectivity index (χ1n) is 6.16. The molecule has 0 unspecified atom stereocenters. The Balaban J connectivity index is 2.52. The van der Waals surface area contributed by atoms with Crippen molar-refractivity contribution in [1.82, 2.24) is 0 Å². The molecule has 2 atom stereocenters. The molecule has 0 amide bonds. The quantitative estimate of drug-likeness (QED) is 0.645. The van der Waals surface area contributed by atoms with Gasteiger partial charge in [-0.2, -0.15) is 0 Å². The number of ether oxygens (including phenoxy) is 2. The van der Waals surface area contributed by atoms with Gasteiger partial charge in [0.05, 0.1) is 11.1 Å². The highest BCUT2D eigenvalue weighted by Crippen LogP contribution is 2.44. The first kappa shape index (κ1) is 14.3. The van der Waals surface area contributed by atoms with Gasteiger partial charge in [0.25, 0.3) is 0 Å². The number of aromatic hydroxyl groups is 2. The molecule has 1 aromatic carbocycles. The molecular formula is C14H16O6. The van der Waals surface area contributed by atoms with Crippen LogP contribution in [0.25, 0.3) is 0 Å². The lowest BCUT2D eigenvalue weighted by Gasteiger charge is -2.17. The van der Waals surface area contributed by atoms with Crippen LogP contribution in [0.15, 0.2) is 6.07 Å². The van der Waals surface area contributed by atoms with Crippen LogP contribution in [0.5, 0.6) is 11.5 Å². The van der Waals surface area contributed by atoms with E-state index < -0.39 is 18.2 Å². The van der Waals surface area contributed by atoms with Crippen molar-refractivity contribution in [2.45, 2.75) is 32.5 Å². The minimum Gasteiger partial charge on any atom is -0.507 e. The normalized spacial score (nSPS) is 21.9. The maximum atomic E-state index is 11.5. The molecule has 1 fully saturated rings. The van der Waals surface area contributed by atoms with Gasteiger partial charge in [0.15, 0.2) is 11.9 Å². The van der Waals surface area contributed by atoms with Crippen LogP contribution < -0.4 is 0 Å². The summed E-state index contributed by atoms with van der Waals surface area (Å²) in [4.78, 5) is 23.0. The van der Waals surface area contributed by atoms with E-state index in [2.05, 4.69) is 0 Å². The fraction of sp³-hybridized carbons (Fsp3) is 0.429. The lowest BCUT2D eigenvalue weighted by atomic mass is 9.95. The minimum absolute atomic E-state index is 0.0584. The van der Waals surface area contributed by atoms with Gasteiger partial charge in [0.2, 0.25) is 0 Å². The van der Waals surface area contributed by atoms with E-state index in [4.69, 9.17) is 9.47 Å². The molecule has 1 aliphatic rings. The molecule has 1 heterocycles. The number of Topliss-reactive ketones (excluding diaryl/α,β-unsaturated/α-hetero) is 1. The molecule has 108 valence electrons. The van der Waals surface area contributed by atoms with Gasteiger partial charge in [-0.3, -0.25) is 4.79 Å². The van der Waals surface area contributed by atoms with Gasteiger partial charge < -0.3 is 19.7 Å². The largest absolute Gasteiger partial charge is 0.507 e. The number of carbonyl (C=O) groups excluding carboxylic acids is 2.